The van der Waals surface area contributed by atoms with Crippen molar-refractivity contribution in [2.45, 2.75) is 6.42 Å². The second kappa shape index (κ2) is 7.89. The molecule has 1 aliphatic heterocycles. The molecule has 29 heavy (non-hydrogen) atoms. The van der Waals surface area contributed by atoms with Crippen LogP contribution in [0.2, 0.25) is 0 Å². The first-order valence-electron chi connectivity index (χ1n) is 9.65. The Morgan fingerprint density at radius 1 is 0.862 bits per heavy atom. The molecule has 0 spiro atoms. The molecule has 2 aliphatic rings. The van der Waals surface area contributed by atoms with E-state index in [4.69, 9.17) is 16.2 Å². The van der Waals surface area contributed by atoms with Crippen LogP contribution in [0.15, 0.2) is 54.6 Å². The molecule has 0 amide bonds. The zero-order valence-corrected chi connectivity index (χ0v) is 16.7. The molecule has 7 heteroatoms. The first-order valence-corrected chi connectivity index (χ1v) is 9.65. The lowest BCUT2D eigenvalue weighted by atomic mass is 10.1. The molecule has 1 aromatic heterocycles. The van der Waals surface area contributed by atoms with Crippen LogP contribution in [0.5, 0.6) is 11.5 Å². The number of nitrogens with zero attached hydrogens (tertiary/aromatic N) is 2. The van der Waals surface area contributed by atoms with Gasteiger partial charge in [-0.15, -0.1) is 12.4 Å². The van der Waals surface area contributed by atoms with Gasteiger partial charge in [0.2, 0.25) is 0 Å². The summed E-state index contributed by atoms with van der Waals surface area (Å²) in [7, 11) is 0. The van der Waals surface area contributed by atoms with E-state index < -0.39 is 0 Å². The summed E-state index contributed by atoms with van der Waals surface area (Å²) in [5.74, 6) is 5.36. The number of anilines is 2. The van der Waals surface area contributed by atoms with Crippen molar-refractivity contribution >= 4 is 24.0 Å². The molecule has 3 aromatic rings. The van der Waals surface area contributed by atoms with Gasteiger partial charge in [-0.2, -0.15) is 0 Å². The van der Waals surface area contributed by atoms with Crippen molar-refractivity contribution in [1.82, 2.24) is 15.3 Å². The average molecular weight is 410 g/mol. The molecule has 3 atom stereocenters. The second-order valence-corrected chi connectivity index (χ2v) is 7.58. The molecule has 2 aromatic carbocycles. The number of benzene rings is 2. The topological polar surface area (TPSA) is 99.1 Å². The Hall–Kier alpha value is -2.83. The van der Waals surface area contributed by atoms with Gasteiger partial charge < -0.3 is 21.5 Å². The fourth-order valence-corrected chi connectivity index (χ4v) is 4.31. The number of hydrogen-bond donors (Lipinski definition) is 3. The SMILES string of the molecule is Cl.Nc1nc(C[C@@H]2[C@@H]3CNC[C@@H]32)nc(N)c1-c1ccc(Oc2ccccc2)cc1. The van der Waals surface area contributed by atoms with Crippen molar-refractivity contribution in [2.24, 2.45) is 17.8 Å². The Labute approximate surface area is 176 Å². The Morgan fingerprint density at radius 2 is 1.45 bits per heavy atom. The minimum atomic E-state index is 0. The molecule has 2 heterocycles. The molecule has 2 fully saturated rings. The molecule has 5 rings (SSSR count). The number of nitrogens with two attached hydrogens (primary N) is 2. The summed E-state index contributed by atoms with van der Waals surface area (Å²) in [4.78, 5) is 9.09. The van der Waals surface area contributed by atoms with E-state index in [9.17, 15) is 0 Å². The number of nitrogen functional groups attached to an aromatic ring is 2. The number of fused-ring (bicyclic) bond motifs is 1. The van der Waals surface area contributed by atoms with E-state index in [-0.39, 0.29) is 12.4 Å². The minimum absolute atomic E-state index is 0. The van der Waals surface area contributed by atoms with Crippen LogP contribution in [0.1, 0.15) is 5.82 Å². The van der Waals surface area contributed by atoms with Crippen molar-refractivity contribution < 1.29 is 4.74 Å². The van der Waals surface area contributed by atoms with Crippen LogP contribution < -0.4 is 21.5 Å². The Balaban J connectivity index is 0.00000205. The van der Waals surface area contributed by atoms with Crippen LogP contribution >= 0.6 is 12.4 Å². The molecule has 0 unspecified atom stereocenters. The van der Waals surface area contributed by atoms with Crippen molar-refractivity contribution in [3.63, 3.8) is 0 Å². The molecule has 1 saturated heterocycles. The highest BCUT2D eigenvalue weighted by molar-refractivity contribution is 5.85. The van der Waals surface area contributed by atoms with Crippen molar-refractivity contribution in [1.29, 1.82) is 0 Å². The summed E-state index contributed by atoms with van der Waals surface area (Å²) in [5, 5.41) is 3.41. The monoisotopic (exact) mass is 409 g/mol. The molecular weight excluding hydrogens is 386 g/mol. The van der Waals surface area contributed by atoms with Crippen LogP contribution in [0.3, 0.4) is 0 Å². The molecule has 1 aliphatic carbocycles. The number of hydrogen-bond acceptors (Lipinski definition) is 6. The first kappa shape index (κ1) is 19.5. The quantitative estimate of drug-likeness (QED) is 0.596. The van der Waals surface area contributed by atoms with E-state index in [2.05, 4.69) is 15.3 Å². The molecule has 0 radical (unpaired) electrons. The Morgan fingerprint density at radius 3 is 2.07 bits per heavy atom. The lowest BCUT2D eigenvalue weighted by Crippen LogP contribution is -2.16. The number of para-hydroxylation sites is 1. The zero-order chi connectivity index (χ0) is 19.1. The summed E-state index contributed by atoms with van der Waals surface area (Å²) in [5.41, 5.74) is 14.1. The van der Waals surface area contributed by atoms with Crippen LogP contribution in [-0.2, 0) is 6.42 Å². The lowest BCUT2D eigenvalue weighted by Gasteiger charge is -2.12. The number of piperidine rings is 1. The molecule has 5 N–H and O–H groups in total. The highest BCUT2D eigenvalue weighted by Gasteiger charge is 2.52. The van der Waals surface area contributed by atoms with Gasteiger partial charge in [-0.05, 0) is 60.7 Å². The summed E-state index contributed by atoms with van der Waals surface area (Å²) in [6.07, 6.45) is 0.857. The standard InChI is InChI=1S/C22H23N5O.ClH/c23-21-20(13-6-8-15(9-7-13)28-14-4-2-1-3-5-14)22(24)27-19(26-21)10-16-17-11-25-12-18(16)17;/h1-9,16-18,25H,10-12H2,(H4,23,24,26,27);1H/t16-,17+,18-;. The highest BCUT2D eigenvalue weighted by Crippen LogP contribution is 2.50. The maximum atomic E-state index is 6.25. The van der Waals surface area contributed by atoms with Gasteiger partial charge in [0.1, 0.15) is 29.0 Å². The molecule has 150 valence electrons. The summed E-state index contributed by atoms with van der Waals surface area (Å²) in [6, 6.07) is 17.3. The van der Waals surface area contributed by atoms with Gasteiger partial charge in [0.25, 0.3) is 0 Å². The average Bonchev–Trinajstić information content (AvgIpc) is 3.11. The van der Waals surface area contributed by atoms with E-state index in [1.165, 1.54) is 0 Å². The molecule has 0 bridgehead atoms. The van der Waals surface area contributed by atoms with E-state index in [1.807, 2.05) is 54.6 Å². The number of ether oxygens (including phenoxy) is 1. The van der Waals surface area contributed by atoms with Gasteiger partial charge in [-0.1, -0.05) is 30.3 Å². The third-order valence-electron chi connectivity index (χ3n) is 5.82. The second-order valence-electron chi connectivity index (χ2n) is 7.58. The van der Waals surface area contributed by atoms with E-state index in [0.29, 0.717) is 23.1 Å². The Kier molecular flexibility index (Phi) is 5.30. The van der Waals surface area contributed by atoms with E-state index >= 15 is 0 Å². The summed E-state index contributed by atoms with van der Waals surface area (Å²) in [6.45, 7) is 2.21. The van der Waals surface area contributed by atoms with Crippen LogP contribution in [0, 0.1) is 17.8 Å². The lowest BCUT2D eigenvalue weighted by molar-refractivity contribution is 0.483. The predicted octanol–water partition coefficient (Wildman–Crippen LogP) is 3.53. The smallest absolute Gasteiger partial charge is 0.137 e. The number of nitrogens with one attached hydrogen (secondary N) is 1. The maximum Gasteiger partial charge on any atom is 0.137 e. The van der Waals surface area contributed by atoms with Gasteiger partial charge in [0.15, 0.2) is 0 Å². The maximum absolute atomic E-state index is 6.25. The van der Waals surface area contributed by atoms with Crippen molar-refractivity contribution in [3.8, 4) is 22.6 Å². The first-order chi connectivity index (χ1) is 13.7. The number of rotatable bonds is 5. The third kappa shape index (κ3) is 3.86. The van der Waals surface area contributed by atoms with Crippen LogP contribution in [0.25, 0.3) is 11.1 Å². The number of halogens is 1. The van der Waals surface area contributed by atoms with Gasteiger partial charge in [-0.3, -0.25) is 0 Å². The largest absolute Gasteiger partial charge is 0.457 e. The van der Waals surface area contributed by atoms with E-state index in [0.717, 1.165) is 54.2 Å². The van der Waals surface area contributed by atoms with E-state index in [1.54, 1.807) is 0 Å². The molecule has 1 saturated carbocycles. The minimum Gasteiger partial charge on any atom is -0.457 e. The van der Waals surface area contributed by atoms with Gasteiger partial charge >= 0.3 is 0 Å². The van der Waals surface area contributed by atoms with Crippen molar-refractivity contribution in [3.05, 3.63) is 60.4 Å². The third-order valence-corrected chi connectivity index (χ3v) is 5.82. The molecule has 6 nitrogen and oxygen atoms in total. The van der Waals surface area contributed by atoms with Crippen LogP contribution in [0.4, 0.5) is 11.6 Å². The normalized spacial score (nSPS) is 21.9. The number of aromatic nitrogens is 2. The van der Waals surface area contributed by atoms with Gasteiger partial charge in [-0.25, -0.2) is 9.97 Å². The Bertz CT molecular complexity index is 963. The van der Waals surface area contributed by atoms with Crippen LogP contribution in [-0.4, -0.2) is 23.1 Å². The molecular formula is C22H24ClN5O. The fraction of sp³-hybridized carbons (Fsp3) is 0.273. The zero-order valence-electron chi connectivity index (χ0n) is 15.9. The highest BCUT2D eigenvalue weighted by atomic mass is 35.5. The van der Waals surface area contributed by atoms with Crippen molar-refractivity contribution in [2.75, 3.05) is 24.6 Å². The van der Waals surface area contributed by atoms with Gasteiger partial charge in [0, 0.05) is 6.42 Å². The summed E-state index contributed by atoms with van der Waals surface area (Å²) < 4.78 is 5.84. The van der Waals surface area contributed by atoms with Gasteiger partial charge in [0.05, 0.1) is 5.56 Å². The predicted molar refractivity (Wildman–Crippen MR) is 117 cm³/mol. The summed E-state index contributed by atoms with van der Waals surface area (Å²) >= 11 is 0. The fourth-order valence-electron chi connectivity index (χ4n) is 4.31.